The number of amides is 3. The maximum absolute atomic E-state index is 13.4. The number of hydrogen-bond donors (Lipinski definition) is 4. The van der Waals surface area contributed by atoms with Gasteiger partial charge < -0.3 is 10.1 Å². The molecular weight excluding hydrogens is 550 g/mol. The largest absolute Gasteiger partial charge is 0.445 e. The van der Waals surface area contributed by atoms with E-state index in [-0.39, 0.29) is 25.0 Å². The van der Waals surface area contributed by atoms with Gasteiger partial charge in [-0.2, -0.15) is 0 Å². The maximum Gasteiger partial charge on any atom is 0.410 e. The molecule has 4 rings (SSSR count). The number of carbonyl (C=O) groups excluding carboxylic acids is 3. The van der Waals surface area contributed by atoms with Crippen LogP contribution in [0.5, 0.6) is 0 Å². The standard InChI is InChI=1S/C28H30BrN5O4/c29-21-13-14-23(22(16-21)26(31-17-25(35)33-30)20-10-5-2-6-11-20)32-27(36)24-12-7-15-34(24)28(37)38-18-19-8-3-1-4-9-19/h1-6,8-11,13-14,16,24,26,31H,7,12,15,17-18,30H2,(H,32,36)(H,33,35)/t24-,26-/m0/s1. The molecule has 9 nitrogen and oxygen atoms in total. The second kappa shape index (κ2) is 13.2. The number of rotatable bonds is 9. The van der Waals surface area contributed by atoms with Gasteiger partial charge in [0, 0.05) is 16.7 Å². The molecule has 0 bridgehead atoms. The van der Waals surface area contributed by atoms with E-state index in [2.05, 4.69) is 32.0 Å². The highest BCUT2D eigenvalue weighted by atomic mass is 79.9. The molecule has 1 heterocycles. The molecule has 0 aliphatic carbocycles. The molecule has 1 saturated heterocycles. The highest BCUT2D eigenvalue weighted by molar-refractivity contribution is 9.10. The zero-order chi connectivity index (χ0) is 26.9. The lowest BCUT2D eigenvalue weighted by Gasteiger charge is -2.26. The number of hydrogen-bond acceptors (Lipinski definition) is 6. The fourth-order valence-electron chi connectivity index (χ4n) is 4.46. The molecule has 5 N–H and O–H groups in total. The van der Waals surface area contributed by atoms with Gasteiger partial charge in [0.15, 0.2) is 0 Å². The molecule has 0 radical (unpaired) electrons. The van der Waals surface area contributed by atoms with Gasteiger partial charge in [0.1, 0.15) is 12.6 Å². The van der Waals surface area contributed by atoms with Gasteiger partial charge >= 0.3 is 6.09 Å². The Morgan fingerprint density at radius 2 is 1.74 bits per heavy atom. The fraction of sp³-hybridized carbons (Fsp3) is 0.250. The normalized spacial score (nSPS) is 15.5. The van der Waals surface area contributed by atoms with E-state index in [1.165, 1.54) is 4.90 Å². The van der Waals surface area contributed by atoms with Crippen LogP contribution < -0.4 is 21.9 Å². The van der Waals surface area contributed by atoms with Gasteiger partial charge in [0.25, 0.3) is 0 Å². The van der Waals surface area contributed by atoms with Crippen LogP contribution in [0.1, 0.15) is 35.6 Å². The number of nitrogens with one attached hydrogen (secondary N) is 3. The lowest BCUT2D eigenvalue weighted by Crippen LogP contribution is -2.43. The summed E-state index contributed by atoms with van der Waals surface area (Å²) in [6, 6.07) is 23.4. The molecule has 0 unspecified atom stereocenters. The van der Waals surface area contributed by atoms with Crippen molar-refractivity contribution in [1.82, 2.24) is 15.6 Å². The van der Waals surface area contributed by atoms with Crippen LogP contribution in [0.4, 0.5) is 10.5 Å². The number of benzene rings is 3. The van der Waals surface area contributed by atoms with Crippen LogP contribution in [0, 0.1) is 0 Å². The van der Waals surface area contributed by atoms with E-state index in [0.717, 1.165) is 21.2 Å². The molecule has 38 heavy (non-hydrogen) atoms. The summed E-state index contributed by atoms with van der Waals surface area (Å²) < 4.78 is 6.29. The lowest BCUT2D eigenvalue weighted by atomic mass is 9.96. The first kappa shape index (κ1) is 27.3. The van der Waals surface area contributed by atoms with Gasteiger partial charge in [-0.3, -0.25) is 25.2 Å². The SMILES string of the molecule is NNC(=O)CN[C@@H](c1ccccc1)c1cc(Br)ccc1NC(=O)[C@@H]1CCCN1C(=O)OCc1ccccc1. The predicted molar refractivity (Wildman–Crippen MR) is 148 cm³/mol. The molecule has 0 aromatic heterocycles. The monoisotopic (exact) mass is 579 g/mol. The number of halogens is 1. The highest BCUT2D eigenvalue weighted by Gasteiger charge is 2.35. The van der Waals surface area contributed by atoms with Gasteiger partial charge in [-0.25, -0.2) is 10.6 Å². The van der Waals surface area contributed by atoms with E-state index >= 15 is 0 Å². The smallest absolute Gasteiger partial charge is 0.410 e. The topological polar surface area (TPSA) is 126 Å². The molecule has 10 heteroatoms. The predicted octanol–water partition coefficient (Wildman–Crippen LogP) is 3.86. The summed E-state index contributed by atoms with van der Waals surface area (Å²) in [5.41, 5.74) is 5.22. The van der Waals surface area contributed by atoms with Crippen LogP contribution in [-0.2, 0) is 20.9 Å². The number of hydrazine groups is 1. The Bertz CT molecular complexity index is 1260. The number of nitrogens with zero attached hydrogens (tertiary/aromatic N) is 1. The summed E-state index contributed by atoms with van der Waals surface area (Å²) in [5.74, 6) is 4.60. The minimum absolute atomic E-state index is 0.0282. The van der Waals surface area contributed by atoms with Crippen molar-refractivity contribution >= 4 is 39.5 Å². The molecule has 1 fully saturated rings. The van der Waals surface area contributed by atoms with E-state index in [4.69, 9.17) is 10.6 Å². The van der Waals surface area contributed by atoms with Gasteiger partial charge in [-0.05, 0) is 47.7 Å². The fourth-order valence-corrected chi connectivity index (χ4v) is 4.84. The van der Waals surface area contributed by atoms with E-state index < -0.39 is 18.2 Å². The van der Waals surface area contributed by atoms with Crippen LogP contribution in [-0.4, -0.2) is 41.9 Å². The Labute approximate surface area is 229 Å². The Balaban J connectivity index is 1.52. The summed E-state index contributed by atoms with van der Waals surface area (Å²) in [6.07, 6.45) is 0.725. The average Bonchev–Trinajstić information content (AvgIpc) is 3.44. The van der Waals surface area contributed by atoms with Crippen molar-refractivity contribution in [2.75, 3.05) is 18.4 Å². The molecule has 0 saturated carbocycles. The molecule has 198 valence electrons. The van der Waals surface area contributed by atoms with Crippen molar-refractivity contribution in [3.8, 4) is 0 Å². The van der Waals surface area contributed by atoms with Crippen LogP contribution in [0.15, 0.2) is 83.3 Å². The van der Waals surface area contributed by atoms with Crippen molar-refractivity contribution in [3.63, 3.8) is 0 Å². The number of carbonyl (C=O) groups is 3. The Morgan fingerprint density at radius 1 is 1.03 bits per heavy atom. The second-order valence-corrected chi connectivity index (χ2v) is 9.82. The van der Waals surface area contributed by atoms with E-state index in [9.17, 15) is 14.4 Å². The summed E-state index contributed by atoms with van der Waals surface area (Å²) in [5, 5.41) is 6.24. The van der Waals surface area contributed by atoms with Gasteiger partial charge in [-0.1, -0.05) is 76.6 Å². The minimum atomic E-state index is -0.652. The maximum atomic E-state index is 13.4. The zero-order valence-electron chi connectivity index (χ0n) is 20.7. The van der Waals surface area contributed by atoms with Crippen molar-refractivity contribution in [2.24, 2.45) is 5.84 Å². The minimum Gasteiger partial charge on any atom is -0.445 e. The molecule has 1 aliphatic rings. The van der Waals surface area contributed by atoms with Crippen LogP contribution in [0.2, 0.25) is 0 Å². The molecule has 3 aromatic rings. The average molecular weight is 580 g/mol. The van der Waals surface area contributed by atoms with E-state index in [0.29, 0.717) is 25.1 Å². The summed E-state index contributed by atoms with van der Waals surface area (Å²) >= 11 is 3.52. The van der Waals surface area contributed by atoms with E-state index in [1.54, 1.807) is 6.07 Å². The first-order valence-electron chi connectivity index (χ1n) is 12.3. The van der Waals surface area contributed by atoms with Gasteiger partial charge in [0.2, 0.25) is 11.8 Å². The number of ether oxygens (including phenoxy) is 1. The summed E-state index contributed by atoms with van der Waals surface area (Å²) in [4.78, 5) is 39.6. The number of likely N-dealkylation sites (tertiary alicyclic amines) is 1. The van der Waals surface area contributed by atoms with Crippen molar-refractivity contribution < 1.29 is 19.1 Å². The van der Waals surface area contributed by atoms with E-state index in [1.807, 2.05) is 72.8 Å². The first-order chi connectivity index (χ1) is 18.5. The zero-order valence-corrected chi connectivity index (χ0v) is 22.3. The first-order valence-corrected chi connectivity index (χ1v) is 13.1. The Hall–Kier alpha value is -3.73. The quantitative estimate of drug-likeness (QED) is 0.173. The number of anilines is 1. The molecule has 1 aliphatic heterocycles. The van der Waals surface area contributed by atoms with Gasteiger partial charge in [0.05, 0.1) is 12.6 Å². The van der Waals surface area contributed by atoms with Crippen LogP contribution >= 0.6 is 15.9 Å². The molecule has 0 spiro atoms. The summed E-state index contributed by atoms with van der Waals surface area (Å²) in [6.45, 7) is 0.559. The Morgan fingerprint density at radius 3 is 2.45 bits per heavy atom. The molecule has 3 amide bonds. The highest BCUT2D eigenvalue weighted by Crippen LogP contribution is 2.32. The third-order valence-electron chi connectivity index (χ3n) is 6.34. The van der Waals surface area contributed by atoms with Crippen molar-refractivity contribution in [2.45, 2.75) is 31.5 Å². The number of nitrogens with two attached hydrogens (primary N) is 1. The molecule has 2 atom stereocenters. The van der Waals surface area contributed by atoms with Crippen LogP contribution in [0.3, 0.4) is 0 Å². The van der Waals surface area contributed by atoms with Crippen LogP contribution in [0.25, 0.3) is 0 Å². The third kappa shape index (κ3) is 6.97. The second-order valence-electron chi connectivity index (χ2n) is 8.90. The van der Waals surface area contributed by atoms with Crippen molar-refractivity contribution in [1.29, 1.82) is 0 Å². The molecular formula is C28H30BrN5O4. The molecule has 3 aromatic carbocycles. The summed E-state index contributed by atoms with van der Waals surface area (Å²) in [7, 11) is 0. The lowest BCUT2D eigenvalue weighted by molar-refractivity contribution is -0.121. The third-order valence-corrected chi connectivity index (χ3v) is 6.83. The van der Waals surface area contributed by atoms with Crippen molar-refractivity contribution in [3.05, 3.63) is 100 Å². The Kier molecular flexibility index (Phi) is 9.47. The van der Waals surface area contributed by atoms with Gasteiger partial charge in [-0.15, -0.1) is 0 Å².